The minimum absolute atomic E-state index is 0.0205. The highest BCUT2D eigenvalue weighted by Gasteiger charge is 2.23. The normalized spacial score (nSPS) is 14.4. The first-order valence-corrected chi connectivity index (χ1v) is 9.55. The maximum Gasteiger partial charge on any atom is 0.176 e. The summed E-state index contributed by atoms with van der Waals surface area (Å²) in [5.41, 5.74) is 4.01. The van der Waals surface area contributed by atoms with Gasteiger partial charge in [0.1, 0.15) is 0 Å². The second kappa shape index (κ2) is 8.10. The summed E-state index contributed by atoms with van der Waals surface area (Å²) in [4.78, 5) is 14.8. The van der Waals surface area contributed by atoms with Crippen LogP contribution >= 0.6 is 0 Å². The number of Topliss-reactive ketones (excluding diaryl/α,β-unsaturated/α-hetero) is 1. The first-order valence-electron chi connectivity index (χ1n) is 9.55. The van der Waals surface area contributed by atoms with E-state index in [4.69, 9.17) is 5.26 Å². The van der Waals surface area contributed by atoms with Crippen molar-refractivity contribution in [3.8, 4) is 12.1 Å². The van der Waals surface area contributed by atoms with Crippen LogP contribution in [0.25, 0.3) is 16.3 Å². The van der Waals surface area contributed by atoms with Gasteiger partial charge >= 0.3 is 0 Å². The van der Waals surface area contributed by atoms with E-state index in [0.29, 0.717) is 37.2 Å². The van der Waals surface area contributed by atoms with Crippen LogP contribution in [0.15, 0.2) is 72.3 Å². The number of ketones is 1. The lowest BCUT2D eigenvalue weighted by molar-refractivity contribution is 0.0938. The van der Waals surface area contributed by atoms with E-state index in [9.17, 15) is 10.1 Å². The molecule has 4 rings (SSSR count). The number of nitriles is 2. The fourth-order valence-corrected chi connectivity index (χ4v) is 3.84. The Morgan fingerprint density at radius 3 is 2.45 bits per heavy atom. The molecule has 0 aliphatic carbocycles. The van der Waals surface area contributed by atoms with Gasteiger partial charge in [-0.2, -0.15) is 10.5 Å². The lowest BCUT2D eigenvalue weighted by Gasteiger charge is -2.29. The smallest absolute Gasteiger partial charge is 0.176 e. The fraction of sp³-hybridized carbons (Fsp3) is 0.160. The number of benzene rings is 3. The Labute approximate surface area is 169 Å². The van der Waals surface area contributed by atoms with Crippen molar-refractivity contribution in [1.82, 2.24) is 4.90 Å². The first kappa shape index (κ1) is 18.6. The third-order valence-corrected chi connectivity index (χ3v) is 5.38. The summed E-state index contributed by atoms with van der Waals surface area (Å²) < 4.78 is 0. The number of nitrogens with zero attached hydrogens (tertiary/aromatic N) is 3. The van der Waals surface area contributed by atoms with Gasteiger partial charge in [-0.3, -0.25) is 9.69 Å². The van der Waals surface area contributed by atoms with Gasteiger partial charge in [0.05, 0.1) is 24.2 Å². The molecule has 3 aromatic rings. The van der Waals surface area contributed by atoms with E-state index in [1.807, 2.05) is 18.2 Å². The van der Waals surface area contributed by atoms with Crippen molar-refractivity contribution in [1.29, 1.82) is 10.5 Å². The quantitative estimate of drug-likeness (QED) is 0.624. The zero-order chi connectivity index (χ0) is 20.2. The van der Waals surface area contributed by atoms with E-state index in [1.165, 1.54) is 0 Å². The molecule has 0 spiro atoms. The number of carbonyl (C=O) groups is 1. The monoisotopic (exact) mass is 377 g/mol. The first-order chi connectivity index (χ1) is 14.2. The Kier molecular flexibility index (Phi) is 5.20. The standard InChI is InChI=1S/C25H19N3O/c26-14-18-8-10-20(11-9-18)25(29)17-28-13-12-21(15-27)24(16-28)23-7-3-5-19-4-1-2-6-22(19)23/h1-11H,12-13,16-17H2. The summed E-state index contributed by atoms with van der Waals surface area (Å²) in [6, 6.07) is 25.5. The molecular weight excluding hydrogens is 358 g/mol. The van der Waals surface area contributed by atoms with Crippen LogP contribution in [0.2, 0.25) is 0 Å². The minimum Gasteiger partial charge on any atom is -0.293 e. The Morgan fingerprint density at radius 1 is 0.931 bits per heavy atom. The topological polar surface area (TPSA) is 67.9 Å². The van der Waals surface area contributed by atoms with Gasteiger partial charge in [-0.25, -0.2) is 0 Å². The molecule has 0 aromatic heterocycles. The molecular formula is C25H19N3O. The van der Waals surface area contributed by atoms with Crippen molar-refractivity contribution in [2.75, 3.05) is 19.6 Å². The fourth-order valence-electron chi connectivity index (χ4n) is 3.84. The average molecular weight is 377 g/mol. The van der Waals surface area contributed by atoms with E-state index in [-0.39, 0.29) is 5.78 Å². The number of hydrogen-bond donors (Lipinski definition) is 0. The summed E-state index contributed by atoms with van der Waals surface area (Å²) in [6.45, 7) is 1.54. The number of carbonyl (C=O) groups excluding carboxylic acids is 1. The third-order valence-electron chi connectivity index (χ3n) is 5.38. The zero-order valence-electron chi connectivity index (χ0n) is 15.9. The summed E-state index contributed by atoms with van der Waals surface area (Å²) in [6.07, 6.45) is 0.635. The summed E-state index contributed by atoms with van der Waals surface area (Å²) in [5, 5.41) is 20.8. The third kappa shape index (κ3) is 3.80. The molecule has 0 bridgehead atoms. The molecule has 4 nitrogen and oxygen atoms in total. The summed E-state index contributed by atoms with van der Waals surface area (Å²) >= 11 is 0. The summed E-state index contributed by atoms with van der Waals surface area (Å²) in [7, 11) is 0. The molecule has 0 atom stereocenters. The van der Waals surface area contributed by atoms with Crippen LogP contribution < -0.4 is 0 Å². The van der Waals surface area contributed by atoms with Gasteiger partial charge in [0.15, 0.2) is 5.78 Å². The SMILES string of the molecule is N#CC1=C(c2cccc3ccccc23)CN(CC(=O)c2ccc(C#N)cc2)CC1. The lowest BCUT2D eigenvalue weighted by Crippen LogP contribution is -2.35. The van der Waals surface area contributed by atoms with Crippen molar-refractivity contribution in [3.63, 3.8) is 0 Å². The van der Waals surface area contributed by atoms with Crippen LogP contribution in [0, 0.1) is 22.7 Å². The van der Waals surface area contributed by atoms with E-state index in [0.717, 1.165) is 27.5 Å². The Bertz CT molecular complexity index is 1190. The van der Waals surface area contributed by atoms with Crippen molar-refractivity contribution >= 4 is 22.1 Å². The van der Waals surface area contributed by atoms with Crippen molar-refractivity contribution in [2.45, 2.75) is 6.42 Å². The molecule has 0 N–H and O–H groups in total. The van der Waals surface area contributed by atoms with Gasteiger partial charge in [-0.15, -0.1) is 0 Å². The molecule has 1 heterocycles. The molecule has 3 aromatic carbocycles. The van der Waals surface area contributed by atoms with Crippen molar-refractivity contribution in [3.05, 3.63) is 89.0 Å². The van der Waals surface area contributed by atoms with Crippen LogP contribution in [0.4, 0.5) is 0 Å². The molecule has 0 saturated carbocycles. The zero-order valence-corrected chi connectivity index (χ0v) is 15.9. The molecule has 0 fully saturated rings. The van der Waals surface area contributed by atoms with Crippen LogP contribution in [-0.2, 0) is 0 Å². The van der Waals surface area contributed by atoms with E-state index in [1.54, 1.807) is 24.3 Å². The van der Waals surface area contributed by atoms with E-state index in [2.05, 4.69) is 41.3 Å². The predicted octanol–water partition coefficient (Wildman–Crippen LogP) is 4.58. The van der Waals surface area contributed by atoms with Gasteiger partial charge in [0, 0.05) is 24.2 Å². The van der Waals surface area contributed by atoms with E-state index >= 15 is 0 Å². The van der Waals surface area contributed by atoms with Crippen molar-refractivity contribution < 1.29 is 4.79 Å². The second-order valence-corrected chi connectivity index (χ2v) is 7.17. The average Bonchev–Trinajstić information content (AvgIpc) is 2.78. The Hall–Kier alpha value is -3.73. The van der Waals surface area contributed by atoms with Crippen molar-refractivity contribution in [2.24, 2.45) is 0 Å². The van der Waals surface area contributed by atoms with Crippen LogP contribution in [0.3, 0.4) is 0 Å². The number of fused-ring (bicyclic) bond motifs is 1. The van der Waals surface area contributed by atoms with Gasteiger partial charge in [0.2, 0.25) is 0 Å². The van der Waals surface area contributed by atoms with Crippen LogP contribution in [0.1, 0.15) is 27.9 Å². The van der Waals surface area contributed by atoms with E-state index < -0.39 is 0 Å². The Morgan fingerprint density at radius 2 is 1.69 bits per heavy atom. The molecule has 140 valence electrons. The highest BCUT2D eigenvalue weighted by atomic mass is 16.1. The number of rotatable bonds is 4. The van der Waals surface area contributed by atoms with Gasteiger partial charge in [0.25, 0.3) is 0 Å². The lowest BCUT2D eigenvalue weighted by atomic mass is 9.91. The van der Waals surface area contributed by atoms with Crippen LogP contribution in [0.5, 0.6) is 0 Å². The van der Waals surface area contributed by atoms with Gasteiger partial charge in [-0.1, -0.05) is 54.6 Å². The largest absolute Gasteiger partial charge is 0.293 e. The molecule has 1 aliphatic heterocycles. The summed E-state index contributed by atoms with van der Waals surface area (Å²) in [5.74, 6) is 0.0205. The minimum atomic E-state index is 0.0205. The molecule has 0 amide bonds. The molecule has 0 unspecified atom stereocenters. The second-order valence-electron chi connectivity index (χ2n) is 7.17. The van der Waals surface area contributed by atoms with Gasteiger partial charge < -0.3 is 0 Å². The Balaban J connectivity index is 1.60. The van der Waals surface area contributed by atoms with Crippen LogP contribution in [-0.4, -0.2) is 30.3 Å². The highest BCUT2D eigenvalue weighted by Crippen LogP contribution is 2.31. The predicted molar refractivity (Wildman–Crippen MR) is 113 cm³/mol. The molecule has 0 radical (unpaired) electrons. The number of hydrogen-bond acceptors (Lipinski definition) is 4. The maximum atomic E-state index is 12.7. The molecule has 0 saturated heterocycles. The van der Waals surface area contributed by atoms with Gasteiger partial charge in [-0.05, 0) is 40.5 Å². The maximum absolute atomic E-state index is 12.7. The molecule has 4 heteroatoms. The molecule has 1 aliphatic rings. The molecule has 29 heavy (non-hydrogen) atoms. The highest BCUT2D eigenvalue weighted by molar-refractivity contribution is 5.98.